The number of carbonyl (C=O) groups excluding carboxylic acids is 1. The van der Waals surface area contributed by atoms with Crippen molar-refractivity contribution >= 4 is 33.7 Å². The third kappa shape index (κ3) is 3.11. The summed E-state index contributed by atoms with van der Waals surface area (Å²) in [5, 5.41) is 6.47. The van der Waals surface area contributed by atoms with Gasteiger partial charge in [-0.25, -0.2) is 14.6 Å². The second-order valence-electron chi connectivity index (χ2n) is 7.60. The van der Waals surface area contributed by atoms with E-state index in [9.17, 15) is 4.79 Å². The standard InChI is InChI=1S/C23H21N7O/c1-3-20(31)29-11-10-16(13-29)30-23-21(22(24)25-14-26-23)18(27-30)9-8-15-12-28(2)19-7-5-4-6-17(15)19/h3-7,12,14,16H,1,10-11,13H2,2H3,(H2,24,25,26)/t16-/m1/s1. The molecular formula is C23H21N7O. The van der Waals surface area contributed by atoms with E-state index in [1.54, 1.807) is 4.90 Å². The van der Waals surface area contributed by atoms with E-state index in [1.165, 1.54) is 12.4 Å². The lowest BCUT2D eigenvalue weighted by Gasteiger charge is -2.14. The van der Waals surface area contributed by atoms with Crippen molar-refractivity contribution in [3.05, 3.63) is 60.7 Å². The number of nitrogen functional groups attached to an aromatic ring is 1. The van der Waals surface area contributed by atoms with Gasteiger partial charge in [-0.3, -0.25) is 4.79 Å². The zero-order valence-electron chi connectivity index (χ0n) is 17.1. The lowest BCUT2D eigenvalue weighted by Crippen LogP contribution is -2.27. The number of hydrogen-bond donors (Lipinski definition) is 1. The smallest absolute Gasteiger partial charge is 0.246 e. The third-order valence-corrected chi connectivity index (χ3v) is 5.73. The van der Waals surface area contributed by atoms with Crippen LogP contribution in [0.5, 0.6) is 0 Å². The third-order valence-electron chi connectivity index (χ3n) is 5.73. The van der Waals surface area contributed by atoms with Crippen LogP contribution in [-0.2, 0) is 11.8 Å². The summed E-state index contributed by atoms with van der Waals surface area (Å²) in [7, 11) is 2.00. The molecule has 8 heteroatoms. The molecule has 1 fully saturated rings. The minimum absolute atomic E-state index is 0.00574. The van der Waals surface area contributed by atoms with E-state index in [0.29, 0.717) is 35.6 Å². The Hall–Kier alpha value is -4.12. The molecule has 31 heavy (non-hydrogen) atoms. The quantitative estimate of drug-likeness (QED) is 0.403. The van der Waals surface area contributed by atoms with E-state index in [-0.39, 0.29) is 11.9 Å². The van der Waals surface area contributed by atoms with Gasteiger partial charge >= 0.3 is 0 Å². The Labute approximate surface area is 179 Å². The predicted octanol–water partition coefficient (Wildman–Crippen LogP) is 2.26. The molecule has 8 nitrogen and oxygen atoms in total. The van der Waals surface area contributed by atoms with Gasteiger partial charge in [0.05, 0.1) is 17.0 Å². The highest BCUT2D eigenvalue weighted by atomic mass is 16.2. The summed E-state index contributed by atoms with van der Waals surface area (Å²) >= 11 is 0. The van der Waals surface area contributed by atoms with Crippen LogP contribution < -0.4 is 5.73 Å². The Balaban J connectivity index is 1.59. The van der Waals surface area contributed by atoms with Crippen LogP contribution >= 0.6 is 0 Å². The molecule has 0 unspecified atom stereocenters. The lowest BCUT2D eigenvalue weighted by atomic mass is 10.2. The van der Waals surface area contributed by atoms with Crippen molar-refractivity contribution in [1.82, 2.24) is 29.2 Å². The molecule has 1 atom stereocenters. The largest absolute Gasteiger partial charge is 0.383 e. The van der Waals surface area contributed by atoms with Crippen LogP contribution in [0.1, 0.15) is 23.7 Å². The van der Waals surface area contributed by atoms with Crippen LogP contribution in [0.2, 0.25) is 0 Å². The molecule has 1 aliphatic rings. The SMILES string of the molecule is C=CC(=O)N1CC[C@@H](n2nc(C#Cc3cn(C)c4ccccc34)c3c(N)ncnc32)C1. The predicted molar refractivity (Wildman–Crippen MR) is 119 cm³/mol. The van der Waals surface area contributed by atoms with E-state index in [1.807, 2.05) is 30.1 Å². The van der Waals surface area contributed by atoms with Gasteiger partial charge in [0.1, 0.15) is 17.8 Å². The summed E-state index contributed by atoms with van der Waals surface area (Å²) in [5.41, 5.74) is 9.37. The van der Waals surface area contributed by atoms with E-state index >= 15 is 0 Å². The zero-order chi connectivity index (χ0) is 21.5. The number of nitrogens with zero attached hydrogens (tertiary/aromatic N) is 6. The first-order valence-corrected chi connectivity index (χ1v) is 10.0. The number of amides is 1. The van der Waals surface area contributed by atoms with Crippen molar-refractivity contribution in [3.8, 4) is 11.8 Å². The first kappa shape index (κ1) is 18.9. The van der Waals surface area contributed by atoms with Crippen LogP contribution in [0.15, 0.2) is 49.4 Å². The van der Waals surface area contributed by atoms with Crippen LogP contribution in [0.4, 0.5) is 5.82 Å². The van der Waals surface area contributed by atoms with Crippen LogP contribution in [-0.4, -0.2) is 48.2 Å². The summed E-state index contributed by atoms with van der Waals surface area (Å²) in [4.78, 5) is 22.3. The summed E-state index contributed by atoms with van der Waals surface area (Å²) < 4.78 is 3.88. The van der Waals surface area contributed by atoms with Crippen molar-refractivity contribution in [1.29, 1.82) is 0 Å². The number of aryl methyl sites for hydroxylation is 1. The van der Waals surface area contributed by atoms with Crippen molar-refractivity contribution in [2.24, 2.45) is 7.05 Å². The fraction of sp³-hybridized carbons (Fsp3) is 0.217. The minimum atomic E-state index is -0.0796. The average molecular weight is 411 g/mol. The van der Waals surface area contributed by atoms with Gasteiger partial charge < -0.3 is 15.2 Å². The molecule has 1 amide bonds. The van der Waals surface area contributed by atoms with Gasteiger partial charge in [-0.1, -0.05) is 30.7 Å². The van der Waals surface area contributed by atoms with E-state index in [2.05, 4.69) is 45.1 Å². The molecule has 154 valence electrons. The lowest BCUT2D eigenvalue weighted by molar-refractivity contribution is -0.125. The summed E-state index contributed by atoms with van der Waals surface area (Å²) in [5.74, 6) is 6.70. The van der Waals surface area contributed by atoms with Gasteiger partial charge in [-0.05, 0) is 24.5 Å². The number of rotatable bonds is 2. The molecule has 0 bridgehead atoms. The van der Waals surface area contributed by atoms with Gasteiger partial charge in [0.25, 0.3) is 0 Å². The second-order valence-corrected chi connectivity index (χ2v) is 7.60. The number of likely N-dealkylation sites (tertiary alicyclic amines) is 1. The Morgan fingerprint density at radius 2 is 2.13 bits per heavy atom. The second kappa shape index (κ2) is 7.29. The Morgan fingerprint density at radius 1 is 1.29 bits per heavy atom. The average Bonchev–Trinajstić information content (AvgIpc) is 3.49. The van der Waals surface area contributed by atoms with Crippen molar-refractivity contribution in [2.45, 2.75) is 12.5 Å². The molecule has 5 rings (SSSR count). The van der Waals surface area contributed by atoms with Gasteiger partial charge in [0.15, 0.2) is 5.65 Å². The molecule has 4 heterocycles. The van der Waals surface area contributed by atoms with Crippen LogP contribution in [0.3, 0.4) is 0 Å². The minimum Gasteiger partial charge on any atom is -0.383 e. The highest BCUT2D eigenvalue weighted by molar-refractivity contribution is 5.92. The Bertz CT molecular complexity index is 1400. The Kier molecular flexibility index (Phi) is 4.44. The molecule has 1 aliphatic heterocycles. The number of nitrogens with two attached hydrogens (primary N) is 1. The normalized spacial score (nSPS) is 15.9. The number of benzene rings is 1. The number of aromatic nitrogens is 5. The highest BCUT2D eigenvalue weighted by Crippen LogP contribution is 2.28. The number of anilines is 1. The molecule has 2 N–H and O–H groups in total. The van der Waals surface area contributed by atoms with E-state index in [0.717, 1.165) is 22.9 Å². The van der Waals surface area contributed by atoms with Gasteiger partial charge in [0.2, 0.25) is 5.91 Å². The summed E-state index contributed by atoms with van der Waals surface area (Å²) in [6.07, 6.45) is 5.55. The topological polar surface area (TPSA) is 94.9 Å². The van der Waals surface area contributed by atoms with Gasteiger partial charge in [-0.15, -0.1) is 0 Å². The first-order valence-electron chi connectivity index (χ1n) is 10.0. The fourth-order valence-electron chi connectivity index (χ4n) is 4.18. The molecule has 0 saturated carbocycles. The van der Waals surface area contributed by atoms with Gasteiger partial charge in [-0.2, -0.15) is 5.10 Å². The molecule has 0 spiro atoms. The molecule has 0 aliphatic carbocycles. The van der Waals surface area contributed by atoms with Crippen LogP contribution in [0.25, 0.3) is 21.9 Å². The molecule has 3 aromatic heterocycles. The van der Waals surface area contributed by atoms with E-state index in [4.69, 9.17) is 10.8 Å². The van der Waals surface area contributed by atoms with Crippen molar-refractivity contribution in [2.75, 3.05) is 18.8 Å². The summed E-state index contributed by atoms with van der Waals surface area (Å²) in [6.45, 7) is 4.76. The molecule has 0 radical (unpaired) electrons. The van der Waals surface area contributed by atoms with Crippen molar-refractivity contribution < 1.29 is 4.79 Å². The monoisotopic (exact) mass is 411 g/mol. The molecule has 4 aromatic rings. The maximum atomic E-state index is 12.0. The van der Waals surface area contributed by atoms with Gasteiger partial charge in [0, 0.05) is 37.2 Å². The summed E-state index contributed by atoms with van der Waals surface area (Å²) in [6, 6.07) is 8.12. The molecule has 1 aromatic carbocycles. The van der Waals surface area contributed by atoms with Crippen LogP contribution in [0, 0.1) is 11.8 Å². The first-order chi connectivity index (χ1) is 15.1. The highest BCUT2D eigenvalue weighted by Gasteiger charge is 2.29. The molecule has 1 saturated heterocycles. The molecular weight excluding hydrogens is 390 g/mol. The number of carbonyl (C=O) groups is 1. The van der Waals surface area contributed by atoms with Crippen molar-refractivity contribution in [3.63, 3.8) is 0 Å². The number of hydrogen-bond acceptors (Lipinski definition) is 5. The number of fused-ring (bicyclic) bond motifs is 2. The Morgan fingerprint density at radius 3 is 2.97 bits per heavy atom. The zero-order valence-corrected chi connectivity index (χ0v) is 17.1. The maximum absolute atomic E-state index is 12.0. The number of para-hydroxylation sites is 1. The van der Waals surface area contributed by atoms with E-state index < -0.39 is 0 Å². The fourth-order valence-corrected chi connectivity index (χ4v) is 4.18. The maximum Gasteiger partial charge on any atom is 0.246 e.